The number of hydrogen-bond donors (Lipinski definition) is 2. The topological polar surface area (TPSA) is 52.6 Å². The molecular formula is C26H27FN2O2. The summed E-state index contributed by atoms with van der Waals surface area (Å²) in [5.74, 6) is -0.495. The fraction of sp³-hybridized carbons (Fsp3) is 0.269. The Labute approximate surface area is 182 Å². The Bertz CT molecular complexity index is 963. The van der Waals surface area contributed by atoms with Gasteiger partial charge in [0.25, 0.3) is 0 Å². The van der Waals surface area contributed by atoms with Crippen LogP contribution in [0.15, 0.2) is 84.9 Å². The lowest BCUT2D eigenvalue weighted by molar-refractivity contribution is -0.118. The Balaban J connectivity index is 1.43. The molecule has 0 aromatic heterocycles. The van der Waals surface area contributed by atoms with Crippen molar-refractivity contribution in [2.45, 2.75) is 18.4 Å². The molecule has 0 bridgehead atoms. The van der Waals surface area contributed by atoms with Crippen molar-refractivity contribution in [1.82, 2.24) is 4.90 Å². The Hall–Kier alpha value is -3.02. The van der Waals surface area contributed by atoms with E-state index in [1.807, 2.05) is 60.7 Å². The maximum Gasteiger partial charge on any atom is 0.238 e. The van der Waals surface area contributed by atoms with Gasteiger partial charge in [-0.25, -0.2) is 4.39 Å². The van der Waals surface area contributed by atoms with Gasteiger partial charge < -0.3 is 10.4 Å². The maximum absolute atomic E-state index is 13.3. The third-order valence-electron chi connectivity index (χ3n) is 6.08. The minimum absolute atomic E-state index is 0.0415. The summed E-state index contributed by atoms with van der Waals surface area (Å²) in [4.78, 5) is 14.5. The molecule has 2 N–H and O–H groups in total. The summed E-state index contributed by atoms with van der Waals surface area (Å²) in [6, 6.07) is 25.5. The lowest BCUT2D eigenvalue weighted by atomic mass is 9.72. The zero-order valence-electron chi connectivity index (χ0n) is 17.4. The molecule has 4 nitrogen and oxygen atoms in total. The summed E-state index contributed by atoms with van der Waals surface area (Å²) in [6.45, 7) is 1.67. The summed E-state index contributed by atoms with van der Waals surface area (Å²) in [5.41, 5.74) is 1.17. The Morgan fingerprint density at radius 3 is 2.06 bits per heavy atom. The molecule has 1 fully saturated rings. The second-order valence-electron chi connectivity index (χ2n) is 8.11. The van der Waals surface area contributed by atoms with Gasteiger partial charge in [-0.3, -0.25) is 9.69 Å². The van der Waals surface area contributed by atoms with E-state index in [4.69, 9.17) is 0 Å². The standard InChI is InChI=1S/C26H27FN2O2/c27-23-12-7-13-24(18-23)28-25(30)19-29-16-14-22(15-17-29)26(31,20-8-3-1-4-9-20)21-10-5-2-6-11-21/h1-13,18,22,31H,14-17,19H2,(H,28,30). The lowest BCUT2D eigenvalue weighted by Gasteiger charge is -2.42. The highest BCUT2D eigenvalue weighted by Crippen LogP contribution is 2.41. The molecular weight excluding hydrogens is 391 g/mol. The van der Waals surface area contributed by atoms with E-state index < -0.39 is 5.60 Å². The highest BCUT2D eigenvalue weighted by Gasteiger charge is 2.41. The molecule has 31 heavy (non-hydrogen) atoms. The molecule has 3 aromatic carbocycles. The van der Waals surface area contributed by atoms with Gasteiger partial charge in [0.05, 0.1) is 6.54 Å². The minimum atomic E-state index is -1.07. The number of nitrogens with zero attached hydrogens (tertiary/aromatic N) is 1. The van der Waals surface area contributed by atoms with E-state index in [0.717, 1.165) is 24.0 Å². The third-order valence-corrected chi connectivity index (χ3v) is 6.08. The monoisotopic (exact) mass is 418 g/mol. The first-order valence-corrected chi connectivity index (χ1v) is 10.7. The summed E-state index contributed by atoms with van der Waals surface area (Å²) in [7, 11) is 0. The van der Waals surface area contributed by atoms with Gasteiger partial charge in [-0.1, -0.05) is 66.7 Å². The number of anilines is 1. The number of carbonyl (C=O) groups excluding carboxylic acids is 1. The second-order valence-corrected chi connectivity index (χ2v) is 8.11. The number of benzene rings is 3. The molecule has 0 aliphatic carbocycles. The fourth-order valence-corrected chi connectivity index (χ4v) is 4.50. The summed E-state index contributed by atoms with van der Waals surface area (Å²) < 4.78 is 13.3. The van der Waals surface area contributed by atoms with Gasteiger partial charge in [0, 0.05) is 5.69 Å². The van der Waals surface area contributed by atoms with Gasteiger partial charge in [0.2, 0.25) is 5.91 Å². The molecule has 5 heteroatoms. The number of amides is 1. The number of aliphatic hydroxyl groups is 1. The SMILES string of the molecule is O=C(CN1CCC(C(O)(c2ccccc2)c2ccccc2)CC1)Nc1cccc(F)c1. The van der Waals surface area contributed by atoms with E-state index in [-0.39, 0.29) is 24.2 Å². The predicted octanol–water partition coefficient (Wildman–Crippen LogP) is 4.41. The van der Waals surface area contributed by atoms with Crippen LogP contribution in [0.4, 0.5) is 10.1 Å². The fourth-order valence-electron chi connectivity index (χ4n) is 4.50. The number of rotatable bonds is 6. The number of piperidine rings is 1. The van der Waals surface area contributed by atoms with Gasteiger partial charge in [-0.15, -0.1) is 0 Å². The Morgan fingerprint density at radius 1 is 0.935 bits per heavy atom. The van der Waals surface area contributed by atoms with Crippen molar-refractivity contribution in [3.63, 3.8) is 0 Å². The quantitative estimate of drug-likeness (QED) is 0.623. The number of nitrogens with one attached hydrogen (secondary N) is 1. The zero-order valence-corrected chi connectivity index (χ0v) is 17.4. The lowest BCUT2D eigenvalue weighted by Crippen LogP contribution is -2.46. The van der Waals surface area contributed by atoms with Crippen molar-refractivity contribution in [1.29, 1.82) is 0 Å². The summed E-state index contributed by atoms with van der Waals surface area (Å²) in [5, 5.41) is 14.7. The number of likely N-dealkylation sites (tertiary alicyclic amines) is 1. The van der Waals surface area contributed by atoms with Crippen molar-refractivity contribution in [3.8, 4) is 0 Å². The van der Waals surface area contributed by atoms with Crippen molar-refractivity contribution >= 4 is 11.6 Å². The van der Waals surface area contributed by atoms with E-state index in [0.29, 0.717) is 18.8 Å². The van der Waals surface area contributed by atoms with Crippen molar-refractivity contribution in [2.24, 2.45) is 5.92 Å². The number of carbonyl (C=O) groups is 1. The van der Waals surface area contributed by atoms with Crippen LogP contribution in [0.1, 0.15) is 24.0 Å². The molecule has 0 atom stereocenters. The molecule has 1 aliphatic heterocycles. The van der Waals surface area contributed by atoms with Gasteiger partial charge in [0.15, 0.2) is 0 Å². The normalized spacial score (nSPS) is 15.5. The third kappa shape index (κ3) is 4.84. The molecule has 1 saturated heterocycles. The molecule has 0 radical (unpaired) electrons. The Morgan fingerprint density at radius 2 is 1.52 bits per heavy atom. The van der Waals surface area contributed by atoms with Crippen molar-refractivity contribution in [3.05, 3.63) is 102 Å². The number of hydrogen-bond acceptors (Lipinski definition) is 3. The molecule has 3 aromatic rings. The van der Waals surface area contributed by atoms with E-state index in [2.05, 4.69) is 10.2 Å². The van der Waals surface area contributed by atoms with Gasteiger partial charge in [0.1, 0.15) is 11.4 Å². The predicted molar refractivity (Wildman–Crippen MR) is 120 cm³/mol. The van der Waals surface area contributed by atoms with Crippen LogP contribution < -0.4 is 5.32 Å². The second kappa shape index (κ2) is 9.41. The first-order valence-electron chi connectivity index (χ1n) is 10.7. The van der Waals surface area contributed by atoms with Crippen molar-refractivity contribution in [2.75, 3.05) is 25.0 Å². The molecule has 1 aliphatic rings. The average Bonchev–Trinajstić information content (AvgIpc) is 2.80. The van der Waals surface area contributed by atoms with Crippen LogP contribution >= 0.6 is 0 Å². The first kappa shape index (κ1) is 21.2. The highest BCUT2D eigenvalue weighted by atomic mass is 19.1. The van der Waals surface area contributed by atoms with Crippen molar-refractivity contribution < 1.29 is 14.3 Å². The van der Waals surface area contributed by atoms with Crippen LogP contribution in [-0.4, -0.2) is 35.5 Å². The molecule has 0 saturated carbocycles. The van der Waals surface area contributed by atoms with E-state index in [1.54, 1.807) is 12.1 Å². The molecule has 0 unspecified atom stereocenters. The largest absolute Gasteiger partial charge is 0.380 e. The summed E-state index contributed by atoms with van der Waals surface area (Å²) >= 11 is 0. The van der Waals surface area contributed by atoms with Crippen LogP contribution in [0.5, 0.6) is 0 Å². The molecule has 1 amide bonds. The average molecular weight is 419 g/mol. The molecule has 1 heterocycles. The Kier molecular flexibility index (Phi) is 6.44. The van der Waals surface area contributed by atoms with E-state index in [9.17, 15) is 14.3 Å². The van der Waals surface area contributed by atoms with Crippen LogP contribution in [0.3, 0.4) is 0 Å². The molecule has 160 valence electrons. The van der Waals surface area contributed by atoms with Crippen LogP contribution in [0.25, 0.3) is 0 Å². The minimum Gasteiger partial charge on any atom is -0.380 e. The smallest absolute Gasteiger partial charge is 0.238 e. The molecule has 0 spiro atoms. The maximum atomic E-state index is 13.3. The van der Waals surface area contributed by atoms with E-state index in [1.165, 1.54) is 12.1 Å². The van der Waals surface area contributed by atoms with Gasteiger partial charge in [-0.2, -0.15) is 0 Å². The van der Waals surface area contributed by atoms with E-state index >= 15 is 0 Å². The van der Waals surface area contributed by atoms with Gasteiger partial charge in [-0.05, 0) is 61.2 Å². The number of halogens is 1. The van der Waals surface area contributed by atoms with Crippen LogP contribution in [0, 0.1) is 11.7 Å². The zero-order chi connectivity index (χ0) is 21.7. The first-order chi connectivity index (χ1) is 15.1. The highest BCUT2D eigenvalue weighted by molar-refractivity contribution is 5.92. The van der Waals surface area contributed by atoms with Crippen LogP contribution in [-0.2, 0) is 10.4 Å². The van der Waals surface area contributed by atoms with Gasteiger partial charge >= 0.3 is 0 Å². The molecule has 4 rings (SSSR count). The summed E-state index contributed by atoms with van der Waals surface area (Å²) in [6.07, 6.45) is 1.54. The van der Waals surface area contributed by atoms with Crippen LogP contribution in [0.2, 0.25) is 0 Å².